The summed E-state index contributed by atoms with van der Waals surface area (Å²) in [7, 11) is -3.39. The Morgan fingerprint density at radius 1 is 1.02 bits per heavy atom. The summed E-state index contributed by atoms with van der Waals surface area (Å²) in [4.78, 5) is 13.2. The molecule has 0 unspecified atom stereocenters. The first-order chi connectivity index (χ1) is 22.4. The Hall–Kier alpha value is -2.75. The van der Waals surface area contributed by atoms with Crippen LogP contribution in [-0.4, -0.2) is 102 Å². The maximum Gasteiger partial charge on any atom is 0.407 e. The predicted octanol–water partition coefficient (Wildman–Crippen LogP) is 3.62. The van der Waals surface area contributed by atoms with Crippen LogP contribution in [0.1, 0.15) is 25.8 Å². The van der Waals surface area contributed by atoms with E-state index in [1.807, 2.05) is 13.8 Å². The van der Waals surface area contributed by atoms with E-state index in [2.05, 4.69) is 5.32 Å². The average molecular weight is 701 g/mol. The predicted molar refractivity (Wildman–Crippen MR) is 171 cm³/mol. The van der Waals surface area contributed by atoms with E-state index in [1.165, 1.54) is 37.8 Å². The summed E-state index contributed by atoms with van der Waals surface area (Å²) in [6.45, 7) is 4.29. The lowest BCUT2D eigenvalue weighted by Gasteiger charge is -2.31. The molecule has 2 aliphatic rings. The van der Waals surface area contributed by atoms with Gasteiger partial charge in [0.15, 0.2) is 12.6 Å². The van der Waals surface area contributed by atoms with E-state index in [4.69, 9.17) is 32.7 Å². The molecule has 16 heteroatoms. The number of amides is 1. The number of benzene rings is 2. The Labute approximate surface area is 276 Å². The normalized spacial score (nSPS) is 21.0. The molecule has 5 atom stereocenters. The number of aliphatic hydroxyl groups is 1. The minimum atomic E-state index is -4.02. The molecule has 0 bridgehead atoms. The summed E-state index contributed by atoms with van der Waals surface area (Å²) in [5.41, 5.74) is 0.699. The fourth-order valence-electron chi connectivity index (χ4n) is 5.37. The van der Waals surface area contributed by atoms with Gasteiger partial charge in [0.25, 0.3) is 0 Å². The molecule has 4 rings (SSSR count). The first-order valence-corrected chi connectivity index (χ1v) is 18.5. The van der Waals surface area contributed by atoms with Crippen molar-refractivity contribution in [3.05, 3.63) is 54.1 Å². The number of carbonyl (C=O) groups excluding carboxylic acids is 1. The lowest BCUT2D eigenvalue weighted by molar-refractivity contribution is -0.0907. The number of sulfonamides is 1. The largest absolute Gasteiger partial charge is 0.497 e. The molecular formula is C31H45N2O12PS. The van der Waals surface area contributed by atoms with Gasteiger partial charge in [0.1, 0.15) is 17.6 Å². The number of ether oxygens (including phenoxy) is 5. The average Bonchev–Trinajstić information content (AvgIpc) is 3.68. The van der Waals surface area contributed by atoms with Gasteiger partial charge in [0.2, 0.25) is 10.0 Å². The van der Waals surface area contributed by atoms with Crippen LogP contribution in [0.3, 0.4) is 0 Å². The highest BCUT2D eigenvalue weighted by atomic mass is 32.2. The van der Waals surface area contributed by atoms with Crippen molar-refractivity contribution in [2.45, 2.75) is 56.1 Å². The Bertz CT molecular complexity index is 1450. The maximum atomic E-state index is 13.7. The molecule has 2 aromatic rings. The van der Waals surface area contributed by atoms with E-state index in [0.717, 1.165) is 0 Å². The third-order valence-corrected chi connectivity index (χ3v) is 11.4. The van der Waals surface area contributed by atoms with E-state index >= 15 is 0 Å². The molecular weight excluding hydrogens is 655 g/mol. The number of hydrogen-bond acceptors (Lipinski definition) is 12. The summed E-state index contributed by atoms with van der Waals surface area (Å²) in [5, 5.41) is 14.3. The number of alkyl carbamates (subject to hydrolysis) is 1. The molecule has 2 N–H and O–H groups in total. The third-order valence-electron chi connectivity index (χ3n) is 7.99. The fraction of sp³-hybridized carbons (Fsp3) is 0.581. The highest BCUT2D eigenvalue weighted by molar-refractivity contribution is 7.89. The van der Waals surface area contributed by atoms with Crippen molar-refractivity contribution in [3.63, 3.8) is 0 Å². The fourth-order valence-corrected chi connectivity index (χ4v) is 7.66. The Balaban J connectivity index is 1.52. The molecule has 2 fully saturated rings. The molecule has 2 saturated heterocycles. The number of nitrogens with one attached hydrogen (secondary N) is 1. The lowest BCUT2D eigenvalue weighted by Crippen LogP contribution is -2.51. The summed E-state index contributed by atoms with van der Waals surface area (Å²) in [6, 6.07) is 11.8. The summed E-state index contributed by atoms with van der Waals surface area (Å²) < 4.78 is 78.3. The van der Waals surface area contributed by atoms with E-state index in [0.29, 0.717) is 30.1 Å². The SMILES string of the molecule is COc1ccc(S(=O)(=O)N(CC(C)C)C[C@@H](O)[C@H](Cc2ccc(OCP(=O)(OC)OC)cc2)NC(=O)O[C@H]2CO[C@H]3OCC[C@H]32)cc1. The van der Waals surface area contributed by atoms with E-state index in [9.17, 15) is 22.9 Å². The molecule has 0 aromatic heterocycles. The van der Waals surface area contributed by atoms with Crippen LogP contribution in [-0.2, 0) is 44.3 Å². The van der Waals surface area contributed by atoms with Crippen molar-refractivity contribution < 1.29 is 55.6 Å². The standard InChI is InChI=1S/C31H45N2O12PS/c1-21(2)17-33(47(37,38)25-12-10-23(39-3)11-13-25)18-28(34)27(32-31(35)45-29-19-43-30-26(29)14-15-42-30)16-22-6-8-24(9-7-22)44-20-46(36,40-4)41-5/h6-13,21,26-30,34H,14-20H2,1-5H3,(H,32,35)/t26-,27-,28+,29-,30+/m0/s1. The first-order valence-electron chi connectivity index (χ1n) is 15.3. The van der Waals surface area contributed by atoms with E-state index in [1.54, 1.807) is 36.4 Å². The minimum absolute atomic E-state index is 0.0479. The van der Waals surface area contributed by atoms with Crippen LogP contribution in [0.4, 0.5) is 4.79 Å². The molecule has 2 aliphatic heterocycles. The topological polar surface area (TPSA) is 168 Å². The molecule has 2 heterocycles. The van der Waals surface area contributed by atoms with Crippen LogP contribution in [0.25, 0.3) is 0 Å². The number of methoxy groups -OCH3 is 1. The van der Waals surface area contributed by atoms with Gasteiger partial charge < -0.3 is 43.2 Å². The van der Waals surface area contributed by atoms with Crippen molar-refractivity contribution in [3.8, 4) is 11.5 Å². The highest BCUT2D eigenvalue weighted by Gasteiger charge is 2.44. The number of fused-ring (bicyclic) bond motifs is 1. The molecule has 14 nitrogen and oxygen atoms in total. The van der Waals surface area contributed by atoms with Crippen LogP contribution < -0.4 is 14.8 Å². The summed E-state index contributed by atoms with van der Waals surface area (Å²) in [6.07, 6.45) is -2.50. The lowest BCUT2D eigenvalue weighted by atomic mass is 10.0. The molecule has 0 radical (unpaired) electrons. The molecule has 262 valence electrons. The second-order valence-corrected chi connectivity index (χ2v) is 15.9. The molecule has 2 aromatic carbocycles. The van der Waals surface area contributed by atoms with Crippen molar-refractivity contribution in [2.24, 2.45) is 11.8 Å². The van der Waals surface area contributed by atoms with Crippen molar-refractivity contribution in [1.82, 2.24) is 9.62 Å². The molecule has 0 spiro atoms. The third kappa shape index (κ3) is 9.89. The van der Waals surface area contributed by atoms with Crippen LogP contribution in [0.15, 0.2) is 53.4 Å². The van der Waals surface area contributed by atoms with Gasteiger partial charge in [-0.15, -0.1) is 0 Å². The van der Waals surface area contributed by atoms with E-state index < -0.39 is 48.3 Å². The Kier molecular flexibility index (Phi) is 13.1. The monoisotopic (exact) mass is 700 g/mol. The molecule has 47 heavy (non-hydrogen) atoms. The number of rotatable bonds is 17. The number of hydrogen-bond donors (Lipinski definition) is 2. The number of carbonyl (C=O) groups is 1. The minimum Gasteiger partial charge on any atom is -0.497 e. The second kappa shape index (κ2) is 16.6. The van der Waals surface area contributed by atoms with Crippen molar-refractivity contribution in [2.75, 3.05) is 54.0 Å². The van der Waals surface area contributed by atoms with Crippen molar-refractivity contribution in [1.29, 1.82) is 0 Å². The number of nitrogens with zero attached hydrogens (tertiary/aromatic N) is 1. The second-order valence-electron chi connectivity index (χ2n) is 11.8. The van der Waals surface area contributed by atoms with Crippen LogP contribution >= 0.6 is 7.60 Å². The van der Waals surface area contributed by atoms with Gasteiger partial charge in [-0.3, -0.25) is 4.57 Å². The van der Waals surface area contributed by atoms with Crippen molar-refractivity contribution >= 4 is 23.7 Å². The van der Waals surface area contributed by atoms with Gasteiger partial charge in [0, 0.05) is 27.3 Å². The van der Waals surface area contributed by atoms with E-state index in [-0.39, 0.29) is 49.2 Å². The summed E-state index contributed by atoms with van der Waals surface area (Å²) >= 11 is 0. The van der Waals surface area contributed by atoms with Gasteiger partial charge in [-0.25, -0.2) is 13.2 Å². The van der Waals surface area contributed by atoms with Gasteiger partial charge in [-0.1, -0.05) is 26.0 Å². The first kappa shape index (κ1) is 37.1. The zero-order chi connectivity index (χ0) is 34.2. The molecule has 0 aliphatic carbocycles. The molecule has 1 amide bonds. The van der Waals surface area contributed by atoms with Crippen LogP contribution in [0, 0.1) is 11.8 Å². The van der Waals surface area contributed by atoms with Gasteiger partial charge in [-0.05, 0) is 60.7 Å². The smallest absolute Gasteiger partial charge is 0.407 e. The summed E-state index contributed by atoms with van der Waals surface area (Å²) in [5.74, 6) is 0.762. The zero-order valence-electron chi connectivity index (χ0n) is 27.3. The quantitative estimate of drug-likeness (QED) is 0.230. The Morgan fingerprint density at radius 2 is 1.68 bits per heavy atom. The van der Waals surface area contributed by atoms with Crippen LogP contribution in [0.5, 0.6) is 11.5 Å². The maximum absolute atomic E-state index is 13.7. The highest BCUT2D eigenvalue weighted by Crippen LogP contribution is 2.46. The Morgan fingerprint density at radius 3 is 2.30 bits per heavy atom. The van der Waals surface area contributed by atoms with Gasteiger partial charge in [-0.2, -0.15) is 4.31 Å². The zero-order valence-corrected chi connectivity index (χ0v) is 29.0. The van der Waals surface area contributed by atoms with Gasteiger partial charge in [0.05, 0.1) is 43.3 Å². The molecule has 0 saturated carbocycles. The van der Waals surface area contributed by atoms with Crippen LogP contribution in [0.2, 0.25) is 0 Å². The number of aliphatic hydroxyl groups excluding tert-OH is 1. The van der Waals surface area contributed by atoms with Gasteiger partial charge >= 0.3 is 13.7 Å².